The molecule has 2 aromatic carbocycles. The number of non-ortho nitro benzene ring substituents is 1. The minimum Gasteiger partial charge on any atom is -0.497 e. The summed E-state index contributed by atoms with van der Waals surface area (Å²) in [5.41, 5.74) is 4.07. The van der Waals surface area contributed by atoms with Crippen molar-refractivity contribution < 1.29 is 24.0 Å². The molecule has 0 unspecified atom stereocenters. The molecule has 0 saturated heterocycles. The van der Waals surface area contributed by atoms with Crippen molar-refractivity contribution in [2.45, 2.75) is 0 Å². The molecule has 0 spiro atoms. The van der Waals surface area contributed by atoms with E-state index in [0.29, 0.717) is 11.5 Å². The first-order valence-corrected chi connectivity index (χ1v) is 7.51. The van der Waals surface area contributed by atoms with Gasteiger partial charge in [-0.3, -0.25) is 30.6 Å². The fourth-order valence-corrected chi connectivity index (χ4v) is 2.20. The van der Waals surface area contributed by atoms with Crippen LogP contribution < -0.4 is 20.3 Å². The van der Waals surface area contributed by atoms with Crippen molar-refractivity contribution in [1.29, 1.82) is 0 Å². The number of nitro groups is 1. The van der Waals surface area contributed by atoms with Gasteiger partial charge in [0.1, 0.15) is 11.5 Å². The highest BCUT2D eigenvalue weighted by atomic mass is 35.5. The molecular formula is C16H14ClN3O6. The van der Waals surface area contributed by atoms with Crippen molar-refractivity contribution in [2.75, 3.05) is 14.2 Å². The molecule has 0 atom stereocenters. The third kappa shape index (κ3) is 4.39. The fraction of sp³-hybridized carbons (Fsp3) is 0.125. The molecule has 0 heterocycles. The van der Waals surface area contributed by atoms with Crippen molar-refractivity contribution in [1.82, 2.24) is 10.9 Å². The number of nitrogens with zero attached hydrogens (tertiary/aromatic N) is 1. The van der Waals surface area contributed by atoms with Crippen molar-refractivity contribution in [3.8, 4) is 11.5 Å². The normalized spacial score (nSPS) is 9.96. The van der Waals surface area contributed by atoms with E-state index in [4.69, 9.17) is 21.1 Å². The molecule has 0 radical (unpaired) electrons. The Morgan fingerprint density at radius 1 is 1.00 bits per heavy atom. The van der Waals surface area contributed by atoms with Gasteiger partial charge in [0, 0.05) is 23.8 Å². The number of amides is 2. The zero-order valence-corrected chi connectivity index (χ0v) is 14.5. The first kappa shape index (κ1) is 19.0. The molecule has 0 aliphatic carbocycles. The molecule has 0 aliphatic rings. The molecule has 0 aromatic heterocycles. The van der Waals surface area contributed by atoms with E-state index in [0.717, 1.165) is 6.07 Å². The highest BCUT2D eigenvalue weighted by Crippen LogP contribution is 2.23. The largest absolute Gasteiger partial charge is 0.497 e. The van der Waals surface area contributed by atoms with Gasteiger partial charge in [-0.05, 0) is 18.2 Å². The second kappa shape index (κ2) is 8.17. The minimum absolute atomic E-state index is 0.00500. The van der Waals surface area contributed by atoms with E-state index < -0.39 is 16.7 Å². The highest BCUT2D eigenvalue weighted by Gasteiger charge is 2.17. The van der Waals surface area contributed by atoms with Gasteiger partial charge in [-0.25, -0.2) is 0 Å². The average molecular weight is 380 g/mol. The van der Waals surface area contributed by atoms with Gasteiger partial charge in [-0.15, -0.1) is 0 Å². The average Bonchev–Trinajstić information content (AvgIpc) is 2.65. The van der Waals surface area contributed by atoms with E-state index in [1.165, 1.54) is 38.5 Å². The van der Waals surface area contributed by atoms with Crippen LogP contribution in [0.5, 0.6) is 11.5 Å². The van der Waals surface area contributed by atoms with Gasteiger partial charge in [0.2, 0.25) is 0 Å². The number of ether oxygens (including phenoxy) is 2. The Morgan fingerprint density at radius 3 is 2.12 bits per heavy atom. The van der Waals surface area contributed by atoms with Gasteiger partial charge in [0.05, 0.1) is 29.7 Å². The Balaban J connectivity index is 2.13. The summed E-state index contributed by atoms with van der Waals surface area (Å²) in [7, 11) is 2.87. The summed E-state index contributed by atoms with van der Waals surface area (Å²) in [5.74, 6) is -0.663. The molecule has 136 valence electrons. The quantitative estimate of drug-likeness (QED) is 0.607. The number of hydrazine groups is 1. The van der Waals surface area contributed by atoms with Gasteiger partial charge >= 0.3 is 0 Å². The van der Waals surface area contributed by atoms with Crippen molar-refractivity contribution in [3.05, 3.63) is 62.7 Å². The summed E-state index contributed by atoms with van der Waals surface area (Å²) in [6.07, 6.45) is 0. The van der Waals surface area contributed by atoms with Crippen LogP contribution in [0.2, 0.25) is 5.02 Å². The number of nitro benzene ring substituents is 1. The van der Waals surface area contributed by atoms with Crippen LogP contribution in [-0.2, 0) is 0 Å². The molecule has 2 amide bonds. The lowest BCUT2D eigenvalue weighted by molar-refractivity contribution is -0.384. The van der Waals surface area contributed by atoms with Gasteiger partial charge in [-0.2, -0.15) is 0 Å². The Labute approximate surface area is 153 Å². The molecule has 0 fully saturated rings. The predicted octanol–water partition coefficient (Wildman–Crippen LogP) is 2.34. The fourth-order valence-electron chi connectivity index (χ4n) is 1.99. The number of nitrogens with one attached hydrogen (secondary N) is 2. The monoisotopic (exact) mass is 379 g/mol. The summed E-state index contributed by atoms with van der Waals surface area (Å²) in [6.45, 7) is 0. The van der Waals surface area contributed by atoms with Crippen molar-refractivity contribution in [3.63, 3.8) is 0 Å². The summed E-state index contributed by atoms with van der Waals surface area (Å²) < 4.78 is 10.1. The lowest BCUT2D eigenvalue weighted by Crippen LogP contribution is -2.41. The van der Waals surface area contributed by atoms with Gasteiger partial charge in [0.15, 0.2) is 0 Å². The maximum absolute atomic E-state index is 12.2. The number of hydrogen-bond donors (Lipinski definition) is 2. The lowest BCUT2D eigenvalue weighted by Gasteiger charge is -2.10. The van der Waals surface area contributed by atoms with Crippen LogP contribution in [0.15, 0.2) is 36.4 Å². The first-order chi connectivity index (χ1) is 12.3. The summed E-state index contributed by atoms with van der Waals surface area (Å²) in [4.78, 5) is 34.5. The number of carbonyl (C=O) groups is 2. The highest BCUT2D eigenvalue weighted by molar-refractivity contribution is 6.34. The van der Waals surface area contributed by atoms with Crippen LogP contribution in [0, 0.1) is 10.1 Å². The van der Waals surface area contributed by atoms with Crippen molar-refractivity contribution in [2.24, 2.45) is 0 Å². The van der Waals surface area contributed by atoms with Crippen LogP contribution in [0.1, 0.15) is 20.7 Å². The summed E-state index contributed by atoms with van der Waals surface area (Å²) in [6, 6.07) is 7.88. The summed E-state index contributed by atoms with van der Waals surface area (Å²) >= 11 is 5.88. The zero-order valence-electron chi connectivity index (χ0n) is 13.7. The van der Waals surface area contributed by atoms with E-state index in [1.807, 2.05) is 0 Å². The molecule has 26 heavy (non-hydrogen) atoms. The van der Waals surface area contributed by atoms with Crippen LogP contribution >= 0.6 is 11.6 Å². The number of methoxy groups -OCH3 is 2. The predicted molar refractivity (Wildman–Crippen MR) is 92.6 cm³/mol. The van der Waals surface area contributed by atoms with E-state index >= 15 is 0 Å². The molecule has 2 aromatic rings. The topological polar surface area (TPSA) is 120 Å². The van der Waals surface area contributed by atoms with Crippen LogP contribution in [0.3, 0.4) is 0 Å². The Morgan fingerprint density at radius 2 is 1.58 bits per heavy atom. The molecule has 2 rings (SSSR count). The smallest absolute Gasteiger partial charge is 0.271 e. The Hall–Kier alpha value is -3.33. The van der Waals surface area contributed by atoms with E-state index in [2.05, 4.69) is 10.9 Å². The number of carbonyl (C=O) groups excluding carboxylic acids is 2. The third-order valence-electron chi connectivity index (χ3n) is 3.31. The van der Waals surface area contributed by atoms with Gasteiger partial charge < -0.3 is 9.47 Å². The maximum Gasteiger partial charge on any atom is 0.271 e. The molecule has 0 saturated carbocycles. The number of halogens is 1. The van der Waals surface area contributed by atoms with Crippen LogP contribution in [0.25, 0.3) is 0 Å². The number of hydrogen-bond acceptors (Lipinski definition) is 6. The van der Waals surface area contributed by atoms with E-state index in [9.17, 15) is 19.7 Å². The zero-order chi connectivity index (χ0) is 19.3. The third-order valence-corrected chi connectivity index (χ3v) is 3.64. The number of rotatable bonds is 5. The Kier molecular flexibility index (Phi) is 5.97. The first-order valence-electron chi connectivity index (χ1n) is 7.13. The number of benzene rings is 2. The standard InChI is InChI=1S/C16H14ClN3O6/c1-25-11-5-9(6-12(8-11)26-2)15(21)18-19-16(22)13-7-10(20(23)24)3-4-14(13)17/h3-8H,1-2H3,(H,18,21)(H,19,22). The SMILES string of the molecule is COc1cc(OC)cc(C(=O)NNC(=O)c2cc([N+](=O)[O-])ccc2Cl)c1. The maximum atomic E-state index is 12.2. The molecule has 2 N–H and O–H groups in total. The van der Waals surface area contributed by atoms with Gasteiger partial charge in [0.25, 0.3) is 17.5 Å². The molecular weight excluding hydrogens is 366 g/mol. The van der Waals surface area contributed by atoms with E-state index in [-0.39, 0.29) is 21.8 Å². The minimum atomic E-state index is -0.804. The molecule has 10 heteroatoms. The molecule has 0 bridgehead atoms. The second-order valence-corrected chi connectivity index (χ2v) is 5.34. The van der Waals surface area contributed by atoms with Gasteiger partial charge in [-0.1, -0.05) is 11.6 Å². The molecule has 9 nitrogen and oxygen atoms in total. The van der Waals surface area contributed by atoms with Crippen molar-refractivity contribution >= 4 is 29.1 Å². The second-order valence-electron chi connectivity index (χ2n) is 4.93. The Bertz CT molecular complexity index is 849. The van der Waals surface area contributed by atoms with Crippen LogP contribution in [0.4, 0.5) is 5.69 Å². The van der Waals surface area contributed by atoms with E-state index in [1.54, 1.807) is 6.07 Å². The molecule has 0 aliphatic heterocycles. The van der Waals surface area contributed by atoms with Crippen LogP contribution in [-0.4, -0.2) is 31.0 Å². The summed E-state index contributed by atoms with van der Waals surface area (Å²) in [5, 5.41) is 10.8. The lowest BCUT2D eigenvalue weighted by atomic mass is 10.2.